The highest BCUT2D eigenvalue weighted by Crippen LogP contribution is 2.69. The summed E-state index contributed by atoms with van der Waals surface area (Å²) in [6.45, 7) is -0.104. The van der Waals surface area contributed by atoms with Gasteiger partial charge >= 0.3 is 15.2 Å². The Labute approximate surface area is 90.4 Å². The van der Waals surface area contributed by atoms with Crippen LogP contribution in [-0.2, 0) is 9.13 Å². The van der Waals surface area contributed by atoms with E-state index in [4.69, 9.17) is 24.7 Å². The lowest BCUT2D eigenvalue weighted by Gasteiger charge is -2.34. The predicted octanol–water partition coefficient (Wildman–Crippen LogP) is -2.29. The average molecular weight is 277 g/mol. The Kier molecular flexibility index (Phi) is 3.68. The molecule has 1 rings (SSSR count). The van der Waals surface area contributed by atoms with Gasteiger partial charge in [0, 0.05) is 6.54 Å². The number of aliphatic hydroxyl groups is 2. The Hall–Kier alpha value is 0.180. The van der Waals surface area contributed by atoms with Crippen molar-refractivity contribution in [2.45, 2.75) is 23.6 Å². The standard InChI is InChI=1S/C5H13NO8P2/c7-3-1-4(6-2-3)5(8,15(9,10)11)16(12,13)14/h3-4,6-8H,1-2H2,(H2,9,10,11)(H2,12,13,14). The number of hydrogen-bond donors (Lipinski definition) is 7. The fourth-order valence-corrected chi connectivity index (χ4v) is 4.15. The zero-order chi connectivity index (χ0) is 12.8. The van der Waals surface area contributed by atoms with Crippen molar-refractivity contribution in [1.82, 2.24) is 5.32 Å². The van der Waals surface area contributed by atoms with Crippen LogP contribution in [0.5, 0.6) is 0 Å². The van der Waals surface area contributed by atoms with Crippen molar-refractivity contribution in [3.63, 3.8) is 0 Å². The number of hydrogen-bond acceptors (Lipinski definition) is 5. The van der Waals surface area contributed by atoms with Crippen LogP contribution in [0, 0.1) is 0 Å². The van der Waals surface area contributed by atoms with Gasteiger partial charge in [0.15, 0.2) is 0 Å². The van der Waals surface area contributed by atoms with Crippen LogP contribution in [0.15, 0.2) is 0 Å². The highest BCUT2D eigenvalue weighted by molar-refractivity contribution is 7.72. The molecule has 0 amide bonds. The van der Waals surface area contributed by atoms with Crippen LogP contribution in [-0.4, -0.2) is 53.6 Å². The van der Waals surface area contributed by atoms with Crippen molar-refractivity contribution in [2.24, 2.45) is 0 Å². The Morgan fingerprint density at radius 2 is 1.56 bits per heavy atom. The molecule has 1 heterocycles. The predicted molar refractivity (Wildman–Crippen MR) is 51.5 cm³/mol. The van der Waals surface area contributed by atoms with Crippen molar-refractivity contribution in [2.75, 3.05) is 6.54 Å². The second-order valence-electron chi connectivity index (χ2n) is 3.63. The minimum absolute atomic E-state index is 0.104. The van der Waals surface area contributed by atoms with Crippen molar-refractivity contribution >= 4 is 15.2 Å². The van der Waals surface area contributed by atoms with Crippen molar-refractivity contribution < 1.29 is 38.9 Å². The fourth-order valence-electron chi connectivity index (χ4n) is 1.59. The molecule has 1 saturated heterocycles. The van der Waals surface area contributed by atoms with Crippen molar-refractivity contribution in [1.29, 1.82) is 0 Å². The second-order valence-corrected chi connectivity index (χ2v) is 7.52. The first-order chi connectivity index (χ1) is 7.00. The van der Waals surface area contributed by atoms with Crippen LogP contribution >= 0.6 is 15.2 Å². The first-order valence-corrected chi connectivity index (χ1v) is 7.47. The highest BCUT2D eigenvalue weighted by atomic mass is 31.2. The van der Waals surface area contributed by atoms with Gasteiger partial charge in [-0.2, -0.15) is 0 Å². The van der Waals surface area contributed by atoms with E-state index < -0.39 is 32.4 Å². The van der Waals surface area contributed by atoms with Gasteiger partial charge < -0.3 is 35.1 Å². The molecule has 2 unspecified atom stereocenters. The summed E-state index contributed by atoms with van der Waals surface area (Å²) in [5.74, 6) is 0. The molecule has 0 spiro atoms. The van der Waals surface area contributed by atoms with E-state index in [2.05, 4.69) is 5.32 Å². The normalized spacial score (nSPS) is 28.4. The summed E-state index contributed by atoms with van der Waals surface area (Å²) in [6, 6.07) is -1.57. The molecule has 1 aliphatic heterocycles. The molecule has 0 aromatic heterocycles. The molecule has 0 aromatic rings. The maximum atomic E-state index is 11.0. The molecule has 0 radical (unpaired) electrons. The maximum Gasteiger partial charge on any atom is 0.371 e. The van der Waals surface area contributed by atoms with E-state index in [0.717, 1.165) is 0 Å². The number of nitrogens with one attached hydrogen (secondary N) is 1. The SMILES string of the molecule is O=P(O)(O)C(O)(C1CC(O)CN1)P(=O)(O)O. The van der Waals surface area contributed by atoms with Gasteiger partial charge in [0.05, 0.1) is 12.1 Å². The molecule has 0 aromatic carbocycles. The molecule has 16 heavy (non-hydrogen) atoms. The van der Waals surface area contributed by atoms with Crippen LogP contribution in [0.3, 0.4) is 0 Å². The van der Waals surface area contributed by atoms with Crippen LogP contribution in [0.1, 0.15) is 6.42 Å². The number of β-amino-alcohol motifs (C(OH)–C–C–N with tert-alkyl or cyclic N) is 1. The first-order valence-electron chi connectivity index (χ1n) is 4.25. The molecule has 1 aliphatic rings. The quantitative estimate of drug-likeness (QED) is 0.281. The third-order valence-electron chi connectivity index (χ3n) is 2.43. The minimum Gasteiger partial charge on any atom is -0.392 e. The fraction of sp³-hybridized carbons (Fsp3) is 1.00. The molecule has 0 bridgehead atoms. The van der Waals surface area contributed by atoms with E-state index in [1.165, 1.54) is 0 Å². The van der Waals surface area contributed by atoms with Gasteiger partial charge in [-0.05, 0) is 6.42 Å². The zero-order valence-corrected chi connectivity index (χ0v) is 9.75. The summed E-state index contributed by atoms with van der Waals surface area (Å²) in [6.07, 6.45) is -1.37. The summed E-state index contributed by atoms with van der Waals surface area (Å²) in [4.78, 5) is 35.5. The monoisotopic (exact) mass is 277 g/mol. The summed E-state index contributed by atoms with van der Waals surface area (Å²) in [5, 5.41) is 17.5. The van der Waals surface area contributed by atoms with E-state index >= 15 is 0 Å². The Morgan fingerprint density at radius 1 is 1.12 bits per heavy atom. The summed E-state index contributed by atoms with van der Waals surface area (Å²) >= 11 is 0. The molecule has 9 nitrogen and oxygen atoms in total. The third-order valence-corrected chi connectivity index (χ3v) is 6.33. The molecule has 7 N–H and O–H groups in total. The summed E-state index contributed by atoms with van der Waals surface area (Å²) in [5.41, 5.74) is 0. The van der Waals surface area contributed by atoms with Crippen LogP contribution in [0.25, 0.3) is 0 Å². The van der Waals surface area contributed by atoms with Crippen LogP contribution in [0.4, 0.5) is 0 Å². The van der Waals surface area contributed by atoms with E-state index in [9.17, 15) is 14.2 Å². The van der Waals surface area contributed by atoms with Crippen molar-refractivity contribution in [3.8, 4) is 0 Å². The topological polar surface area (TPSA) is 168 Å². The molecule has 0 aliphatic carbocycles. The van der Waals surface area contributed by atoms with Gasteiger partial charge in [0.25, 0.3) is 5.08 Å². The Bertz CT molecular complexity index is 337. The zero-order valence-electron chi connectivity index (χ0n) is 7.96. The lowest BCUT2D eigenvalue weighted by Crippen LogP contribution is -2.47. The molecule has 0 saturated carbocycles. The third kappa shape index (κ3) is 2.24. The lowest BCUT2D eigenvalue weighted by atomic mass is 10.2. The van der Waals surface area contributed by atoms with E-state index in [1.54, 1.807) is 0 Å². The summed E-state index contributed by atoms with van der Waals surface area (Å²) in [7, 11) is -10.9. The average Bonchev–Trinajstić information content (AvgIpc) is 2.46. The van der Waals surface area contributed by atoms with E-state index in [-0.39, 0.29) is 13.0 Å². The Balaban J connectivity index is 3.17. The lowest BCUT2D eigenvalue weighted by molar-refractivity contribution is 0.0951. The summed E-state index contributed by atoms with van der Waals surface area (Å²) < 4.78 is 22.0. The van der Waals surface area contributed by atoms with Gasteiger partial charge in [-0.3, -0.25) is 9.13 Å². The van der Waals surface area contributed by atoms with Gasteiger partial charge in [0.2, 0.25) is 0 Å². The highest BCUT2D eigenvalue weighted by Gasteiger charge is 2.65. The maximum absolute atomic E-state index is 11.0. The molecular formula is C5H13NO8P2. The van der Waals surface area contributed by atoms with Gasteiger partial charge in [0.1, 0.15) is 0 Å². The second kappa shape index (κ2) is 4.13. The molecular weight excluding hydrogens is 264 g/mol. The first kappa shape index (κ1) is 14.2. The van der Waals surface area contributed by atoms with Crippen molar-refractivity contribution in [3.05, 3.63) is 0 Å². The smallest absolute Gasteiger partial charge is 0.371 e. The molecule has 96 valence electrons. The largest absolute Gasteiger partial charge is 0.392 e. The Morgan fingerprint density at radius 3 is 1.81 bits per heavy atom. The van der Waals surface area contributed by atoms with Gasteiger partial charge in [-0.1, -0.05) is 0 Å². The van der Waals surface area contributed by atoms with Gasteiger partial charge in [-0.15, -0.1) is 0 Å². The molecule has 2 atom stereocenters. The van der Waals surface area contributed by atoms with E-state index in [1.807, 2.05) is 0 Å². The van der Waals surface area contributed by atoms with E-state index in [0.29, 0.717) is 0 Å². The molecule has 1 fully saturated rings. The number of aliphatic hydroxyl groups excluding tert-OH is 1. The molecule has 11 heteroatoms. The van der Waals surface area contributed by atoms with Gasteiger partial charge in [-0.25, -0.2) is 0 Å². The van der Waals surface area contributed by atoms with Crippen LogP contribution < -0.4 is 5.32 Å². The minimum atomic E-state index is -5.47. The number of rotatable bonds is 3. The van der Waals surface area contributed by atoms with Crippen LogP contribution in [0.2, 0.25) is 0 Å².